The molecular formula is C13H14FNO4. The van der Waals surface area contributed by atoms with Crippen LogP contribution in [0, 0.1) is 11.7 Å². The van der Waals surface area contributed by atoms with Gasteiger partial charge in [-0.05, 0) is 17.7 Å². The summed E-state index contributed by atoms with van der Waals surface area (Å²) in [5, 5.41) is 11.6. The van der Waals surface area contributed by atoms with Crippen molar-refractivity contribution < 1.29 is 23.8 Å². The van der Waals surface area contributed by atoms with Crippen LogP contribution in [0.3, 0.4) is 0 Å². The quantitative estimate of drug-likeness (QED) is 0.837. The van der Waals surface area contributed by atoms with E-state index in [4.69, 9.17) is 9.84 Å². The van der Waals surface area contributed by atoms with Crippen molar-refractivity contribution in [3.05, 3.63) is 35.6 Å². The molecule has 2 N–H and O–H groups in total. The van der Waals surface area contributed by atoms with Crippen LogP contribution in [0.1, 0.15) is 5.56 Å². The van der Waals surface area contributed by atoms with Crippen molar-refractivity contribution >= 4 is 11.9 Å². The number of ether oxygens (including phenoxy) is 1. The zero-order valence-electron chi connectivity index (χ0n) is 10.1. The van der Waals surface area contributed by atoms with Crippen molar-refractivity contribution in [2.24, 2.45) is 5.92 Å². The number of amides is 1. The Morgan fingerprint density at radius 2 is 2.00 bits per heavy atom. The fourth-order valence-electron chi connectivity index (χ4n) is 1.99. The molecule has 1 aliphatic rings. The molecule has 1 saturated heterocycles. The van der Waals surface area contributed by atoms with E-state index in [1.54, 1.807) is 0 Å². The molecule has 1 aromatic rings. The Morgan fingerprint density at radius 1 is 1.32 bits per heavy atom. The number of halogens is 1. The van der Waals surface area contributed by atoms with E-state index in [0.29, 0.717) is 5.56 Å². The lowest BCUT2D eigenvalue weighted by molar-refractivity contribution is -0.142. The van der Waals surface area contributed by atoms with Gasteiger partial charge in [-0.25, -0.2) is 4.39 Å². The lowest BCUT2D eigenvalue weighted by Crippen LogP contribution is -2.43. The molecule has 0 aliphatic carbocycles. The van der Waals surface area contributed by atoms with Crippen molar-refractivity contribution in [2.45, 2.75) is 12.5 Å². The molecule has 1 fully saturated rings. The number of hydrogen-bond acceptors (Lipinski definition) is 3. The second-order valence-electron chi connectivity index (χ2n) is 4.46. The molecular weight excluding hydrogens is 253 g/mol. The second kappa shape index (κ2) is 5.79. The summed E-state index contributed by atoms with van der Waals surface area (Å²) in [6.45, 7) is 0.308. The molecule has 1 amide bonds. The lowest BCUT2D eigenvalue weighted by atomic mass is 10.0. The standard InChI is InChI=1S/C13H14FNO4/c14-9-3-1-8(2-4-9)5-12(16)15-11-7-19-6-10(11)13(17)18/h1-4,10-11H,5-7H2,(H,15,16)(H,17,18). The van der Waals surface area contributed by atoms with E-state index in [1.807, 2.05) is 0 Å². The minimum atomic E-state index is -0.982. The molecule has 0 aromatic heterocycles. The molecule has 2 atom stereocenters. The largest absolute Gasteiger partial charge is 0.481 e. The van der Waals surface area contributed by atoms with Crippen LogP contribution < -0.4 is 5.32 Å². The number of aliphatic carboxylic acids is 1. The molecule has 102 valence electrons. The Labute approximate surface area is 109 Å². The smallest absolute Gasteiger partial charge is 0.311 e. The summed E-state index contributed by atoms with van der Waals surface area (Å²) in [5.41, 5.74) is 0.671. The van der Waals surface area contributed by atoms with E-state index in [1.165, 1.54) is 24.3 Å². The summed E-state index contributed by atoms with van der Waals surface area (Å²) in [5.74, 6) is -2.35. The first kappa shape index (κ1) is 13.5. The average molecular weight is 267 g/mol. The zero-order chi connectivity index (χ0) is 13.8. The Bertz CT molecular complexity index is 474. The van der Waals surface area contributed by atoms with Crippen LogP contribution in [0.4, 0.5) is 4.39 Å². The highest BCUT2D eigenvalue weighted by Crippen LogP contribution is 2.14. The normalized spacial score (nSPS) is 22.2. The SMILES string of the molecule is O=C(Cc1ccc(F)cc1)NC1COCC1C(=O)O. The van der Waals surface area contributed by atoms with Gasteiger partial charge in [0.05, 0.1) is 25.7 Å². The van der Waals surface area contributed by atoms with Crippen LogP contribution >= 0.6 is 0 Å². The van der Waals surface area contributed by atoms with Gasteiger partial charge in [0.2, 0.25) is 5.91 Å². The molecule has 1 aliphatic heterocycles. The van der Waals surface area contributed by atoms with Gasteiger partial charge < -0.3 is 15.2 Å². The van der Waals surface area contributed by atoms with E-state index < -0.39 is 17.9 Å². The Kier molecular flexibility index (Phi) is 4.11. The third-order valence-corrected chi connectivity index (χ3v) is 3.02. The van der Waals surface area contributed by atoms with Gasteiger partial charge in [-0.15, -0.1) is 0 Å². The third-order valence-electron chi connectivity index (χ3n) is 3.02. The molecule has 6 heteroatoms. The highest BCUT2D eigenvalue weighted by molar-refractivity contribution is 5.80. The van der Waals surface area contributed by atoms with E-state index in [2.05, 4.69) is 5.32 Å². The van der Waals surface area contributed by atoms with E-state index in [-0.39, 0.29) is 31.4 Å². The van der Waals surface area contributed by atoms with Gasteiger partial charge in [0.25, 0.3) is 0 Å². The van der Waals surface area contributed by atoms with Gasteiger partial charge in [-0.3, -0.25) is 9.59 Å². The van der Waals surface area contributed by atoms with Crippen molar-refractivity contribution in [3.8, 4) is 0 Å². The number of rotatable bonds is 4. The average Bonchev–Trinajstić information content (AvgIpc) is 2.80. The summed E-state index contributed by atoms with van der Waals surface area (Å²) in [6, 6.07) is 5.09. The van der Waals surface area contributed by atoms with Gasteiger partial charge in [0, 0.05) is 0 Å². The first-order chi connectivity index (χ1) is 9.06. The van der Waals surface area contributed by atoms with Crippen molar-refractivity contribution in [1.29, 1.82) is 0 Å². The predicted molar refractivity (Wildman–Crippen MR) is 64.0 cm³/mol. The van der Waals surface area contributed by atoms with Crippen LogP contribution in [-0.4, -0.2) is 36.2 Å². The van der Waals surface area contributed by atoms with Crippen LogP contribution in [0.5, 0.6) is 0 Å². The summed E-state index contributed by atoms with van der Waals surface area (Å²) in [7, 11) is 0. The monoisotopic (exact) mass is 267 g/mol. The van der Waals surface area contributed by atoms with Gasteiger partial charge in [0.15, 0.2) is 0 Å². The molecule has 19 heavy (non-hydrogen) atoms. The molecule has 2 rings (SSSR count). The number of nitrogens with one attached hydrogen (secondary N) is 1. The van der Waals surface area contributed by atoms with Crippen molar-refractivity contribution in [3.63, 3.8) is 0 Å². The van der Waals surface area contributed by atoms with Crippen LogP contribution in [-0.2, 0) is 20.7 Å². The van der Waals surface area contributed by atoms with Gasteiger partial charge in [-0.2, -0.15) is 0 Å². The van der Waals surface area contributed by atoms with E-state index >= 15 is 0 Å². The molecule has 5 nitrogen and oxygen atoms in total. The first-order valence-corrected chi connectivity index (χ1v) is 5.90. The second-order valence-corrected chi connectivity index (χ2v) is 4.46. The lowest BCUT2D eigenvalue weighted by Gasteiger charge is -2.15. The minimum absolute atomic E-state index is 0.0864. The Hall–Kier alpha value is -1.95. The Balaban J connectivity index is 1.90. The summed E-state index contributed by atoms with van der Waals surface area (Å²) >= 11 is 0. The maximum absolute atomic E-state index is 12.7. The highest BCUT2D eigenvalue weighted by Gasteiger charge is 2.34. The van der Waals surface area contributed by atoms with Crippen molar-refractivity contribution in [2.75, 3.05) is 13.2 Å². The van der Waals surface area contributed by atoms with Gasteiger partial charge in [-0.1, -0.05) is 12.1 Å². The number of hydrogen-bond donors (Lipinski definition) is 2. The maximum atomic E-state index is 12.7. The van der Waals surface area contributed by atoms with E-state index in [9.17, 15) is 14.0 Å². The van der Waals surface area contributed by atoms with Gasteiger partial charge >= 0.3 is 5.97 Å². The number of carbonyl (C=O) groups excluding carboxylic acids is 1. The molecule has 0 radical (unpaired) electrons. The van der Waals surface area contributed by atoms with Gasteiger partial charge in [0.1, 0.15) is 11.7 Å². The number of carboxylic acid groups (broad SMARTS) is 1. The zero-order valence-corrected chi connectivity index (χ0v) is 10.1. The topological polar surface area (TPSA) is 75.6 Å². The number of benzene rings is 1. The van der Waals surface area contributed by atoms with Crippen molar-refractivity contribution in [1.82, 2.24) is 5.32 Å². The fraction of sp³-hybridized carbons (Fsp3) is 0.385. The molecule has 0 bridgehead atoms. The summed E-state index contributed by atoms with van der Waals surface area (Å²) in [4.78, 5) is 22.7. The summed E-state index contributed by atoms with van der Waals surface area (Å²) < 4.78 is 17.8. The molecule has 0 spiro atoms. The summed E-state index contributed by atoms with van der Waals surface area (Å²) in [6.07, 6.45) is 0.0864. The number of carbonyl (C=O) groups is 2. The maximum Gasteiger partial charge on any atom is 0.311 e. The van der Waals surface area contributed by atoms with Crippen LogP contribution in [0.15, 0.2) is 24.3 Å². The minimum Gasteiger partial charge on any atom is -0.481 e. The third kappa shape index (κ3) is 3.51. The predicted octanol–water partition coefficient (Wildman–Crippen LogP) is 0.584. The molecule has 1 aromatic carbocycles. The molecule has 0 saturated carbocycles. The van der Waals surface area contributed by atoms with Crippen LogP contribution in [0.2, 0.25) is 0 Å². The highest BCUT2D eigenvalue weighted by atomic mass is 19.1. The number of carboxylic acids is 1. The molecule has 2 unspecified atom stereocenters. The van der Waals surface area contributed by atoms with E-state index in [0.717, 1.165) is 0 Å². The fourth-order valence-corrected chi connectivity index (χ4v) is 1.99. The first-order valence-electron chi connectivity index (χ1n) is 5.90. The molecule has 1 heterocycles. The van der Waals surface area contributed by atoms with Crippen LogP contribution in [0.25, 0.3) is 0 Å². The Morgan fingerprint density at radius 3 is 2.63 bits per heavy atom.